The van der Waals surface area contributed by atoms with Crippen molar-refractivity contribution in [1.82, 2.24) is 9.47 Å². The largest absolute Gasteiger partial charge is 1.00 e. The molecule has 2 aromatic carbocycles. The first-order chi connectivity index (χ1) is 20.2. The first-order valence-electron chi connectivity index (χ1n) is 13.2. The summed E-state index contributed by atoms with van der Waals surface area (Å²) in [6, 6.07) is 14.8. The fraction of sp³-hybridized carbons (Fsp3) is 0.188. The number of imide groups is 1. The second-order valence-corrected chi connectivity index (χ2v) is 9.22. The summed E-state index contributed by atoms with van der Waals surface area (Å²) >= 11 is 0. The number of allylic oxidation sites excluding steroid dienone is 2. The number of pyridine rings is 1. The van der Waals surface area contributed by atoms with E-state index in [0.717, 1.165) is 9.47 Å². The van der Waals surface area contributed by atoms with Gasteiger partial charge in [-0.1, -0.05) is 36.4 Å². The van der Waals surface area contributed by atoms with Crippen molar-refractivity contribution in [3.63, 3.8) is 0 Å². The molecule has 0 unspecified atom stereocenters. The van der Waals surface area contributed by atoms with Crippen LogP contribution in [0.15, 0.2) is 82.7 Å². The van der Waals surface area contributed by atoms with Crippen molar-refractivity contribution in [3.8, 4) is 28.5 Å². The number of methoxy groups -OCH3 is 2. The Morgan fingerprint density at radius 2 is 1.44 bits per heavy atom. The van der Waals surface area contributed by atoms with Crippen LogP contribution < -0.4 is 77.3 Å². The first-order valence-corrected chi connectivity index (χ1v) is 13.2. The van der Waals surface area contributed by atoms with Gasteiger partial charge in [0.05, 0.1) is 14.2 Å². The van der Waals surface area contributed by atoms with E-state index in [-0.39, 0.29) is 86.8 Å². The molecule has 0 saturated heterocycles. The smallest absolute Gasteiger partial charge is 0.860 e. The number of ether oxygens (including phenoxy) is 2. The molecule has 1 aromatic heterocycles. The molecule has 0 aliphatic carbocycles. The second-order valence-electron chi connectivity index (χ2n) is 9.22. The second kappa shape index (κ2) is 14.6. The number of hydrogen-bond acceptors (Lipinski definition) is 7. The van der Waals surface area contributed by atoms with Crippen LogP contribution in [-0.4, -0.2) is 48.0 Å². The third-order valence-corrected chi connectivity index (χ3v) is 6.94. The standard InChI is InChI=1S/C32H31N3O7.K/c1-5-34-26(36)18-25(19-10-14-21(41-3)15-11-19)23(30(34)38)8-7-9-24-27(20-12-16-22(42-4)17-13-20)28(29(33)37)32(40)35(6-2)31(24)39;/h7-18,38H,5-6H2,1-4H3,(H2,33,37);/q;+1/p-1/b8-7?,24-9-;. The van der Waals surface area contributed by atoms with Gasteiger partial charge >= 0.3 is 51.4 Å². The van der Waals surface area contributed by atoms with Gasteiger partial charge in [0.25, 0.3) is 23.3 Å². The Morgan fingerprint density at radius 3 is 1.93 bits per heavy atom. The molecule has 0 saturated carbocycles. The SMILES string of the molecule is CCN1C(=O)C(C(N)=O)=C(c2ccc(OC)cc2)/C(=C/C=Cc2c(-c3ccc(OC)cc3)cc(=O)n(CC)c2[O-])C1=O.[K+]. The van der Waals surface area contributed by atoms with E-state index in [0.29, 0.717) is 28.2 Å². The number of nitrogens with zero attached hydrogens (tertiary/aromatic N) is 2. The quantitative estimate of drug-likeness (QED) is 0.155. The van der Waals surface area contributed by atoms with Gasteiger partial charge in [0, 0.05) is 30.3 Å². The normalized spacial score (nSPS) is 14.3. The number of nitrogens with two attached hydrogens (primary N) is 1. The van der Waals surface area contributed by atoms with Crippen molar-refractivity contribution in [2.45, 2.75) is 20.4 Å². The Labute approximate surface area is 291 Å². The van der Waals surface area contributed by atoms with Gasteiger partial charge in [-0.15, -0.1) is 0 Å². The van der Waals surface area contributed by atoms with E-state index in [1.807, 2.05) is 0 Å². The molecule has 0 bridgehead atoms. The van der Waals surface area contributed by atoms with Gasteiger partial charge in [0.2, 0.25) is 0 Å². The molecule has 0 radical (unpaired) electrons. The molecule has 4 rings (SSSR count). The zero-order chi connectivity index (χ0) is 30.6. The molecule has 43 heavy (non-hydrogen) atoms. The Balaban J connectivity index is 0.00000506. The van der Waals surface area contributed by atoms with Crippen LogP contribution in [0.4, 0.5) is 0 Å². The zero-order valence-electron chi connectivity index (χ0n) is 24.7. The molecule has 2 heterocycles. The summed E-state index contributed by atoms with van der Waals surface area (Å²) in [5.41, 5.74) is 6.63. The number of benzene rings is 2. The average Bonchev–Trinajstić information content (AvgIpc) is 2.99. The summed E-state index contributed by atoms with van der Waals surface area (Å²) < 4.78 is 11.5. The summed E-state index contributed by atoms with van der Waals surface area (Å²) in [5.74, 6) is -1.76. The molecule has 0 fully saturated rings. The van der Waals surface area contributed by atoms with E-state index >= 15 is 0 Å². The fourth-order valence-electron chi connectivity index (χ4n) is 4.80. The van der Waals surface area contributed by atoms with E-state index in [1.54, 1.807) is 62.4 Å². The van der Waals surface area contributed by atoms with E-state index in [1.165, 1.54) is 38.5 Å². The molecule has 0 atom stereocenters. The minimum absolute atomic E-state index is 0. The van der Waals surface area contributed by atoms with Crippen molar-refractivity contribution < 1.29 is 80.3 Å². The van der Waals surface area contributed by atoms with Crippen LogP contribution in [0.5, 0.6) is 17.4 Å². The number of aromatic nitrogens is 1. The summed E-state index contributed by atoms with van der Waals surface area (Å²) in [4.78, 5) is 52.8. The molecule has 3 amide bonds. The van der Waals surface area contributed by atoms with E-state index in [2.05, 4.69) is 0 Å². The molecule has 11 heteroatoms. The number of amides is 3. The van der Waals surface area contributed by atoms with Crippen LogP contribution in [0.3, 0.4) is 0 Å². The van der Waals surface area contributed by atoms with Crippen molar-refractivity contribution in [2.75, 3.05) is 20.8 Å². The Bertz CT molecular complexity index is 1700. The molecule has 216 valence electrons. The van der Waals surface area contributed by atoms with Crippen LogP contribution in [-0.2, 0) is 20.9 Å². The van der Waals surface area contributed by atoms with Crippen molar-refractivity contribution >= 4 is 29.4 Å². The molecule has 1 aliphatic rings. The van der Waals surface area contributed by atoms with Crippen molar-refractivity contribution in [2.24, 2.45) is 5.73 Å². The Hall–Kier alpha value is -3.74. The predicted octanol–water partition coefficient (Wildman–Crippen LogP) is -0.103. The maximum absolute atomic E-state index is 13.5. The van der Waals surface area contributed by atoms with Crippen LogP contribution >= 0.6 is 0 Å². The Kier molecular flexibility index (Phi) is 11.5. The molecular formula is C32H30KN3O7. The third-order valence-electron chi connectivity index (χ3n) is 6.94. The van der Waals surface area contributed by atoms with Gasteiger partial charge in [0.1, 0.15) is 17.1 Å². The van der Waals surface area contributed by atoms with Gasteiger partial charge < -0.3 is 24.9 Å². The van der Waals surface area contributed by atoms with E-state index in [9.17, 15) is 24.3 Å². The number of carbonyl (C=O) groups is 3. The first kappa shape index (κ1) is 33.8. The monoisotopic (exact) mass is 607 g/mol. The maximum atomic E-state index is 13.5. The molecule has 0 spiro atoms. The summed E-state index contributed by atoms with van der Waals surface area (Å²) in [7, 11) is 3.03. The number of rotatable bonds is 9. The minimum atomic E-state index is -0.981. The number of primary amides is 1. The predicted molar refractivity (Wildman–Crippen MR) is 156 cm³/mol. The zero-order valence-corrected chi connectivity index (χ0v) is 27.8. The molecule has 3 aromatic rings. The maximum Gasteiger partial charge on any atom is 1.00 e. The van der Waals surface area contributed by atoms with Gasteiger partial charge in [-0.25, -0.2) is 0 Å². The van der Waals surface area contributed by atoms with Gasteiger partial charge in [0.15, 0.2) is 0 Å². The fourth-order valence-corrected chi connectivity index (χ4v) is 4.80. The Morgan fingerprint density at radius 1 is 0.884 bits per heavy atom. The minimum Gasteiger partial charge on any atom is -0.860 e. The van der Waals surface area contributed by atoms with Crippen LogP contribution in [0.1, 0.15) is 25.0 Å². The van der Waals surface area contributed by atoms with Crippen LogP contribution in [0.2, 0.25) is 0 Å². The number of carbonyl (C=O) groups excluding carboxylic acids is 3. The van der Waals surface area contributed by atoms with E-state index in [4.69, 9.17) is 15.2 Å². The number of likely N-dealkylation sites (N-methyl/N-ethyl adjacent to an activating group) is 1. The summed E-state index contributed by atoms with van der Waals surface area (Å²) in [5, 5.41) is 13.4. The van der Waals surface area contributed by atoms with Crippen LogP contribution in [0.25, 0.3) is 22.8 Å². The number of hydrogen-bond donors (Lipinski definition) is 1. The summed E-state index contributed by atoms with van der Waals surface area (Å²) in [6.45, 7) is 3.48. The molecule has 2 N–H and O–H groups in total. The summed E-state index contributed by atoms with van der Waals surface area (Å²) in [6.07, 6.45) is 4.40. The third kappa shape index (κ3) is 6.76. The van der Waals surface area contributed by atoms with Gasteiger partial charge in [-0.3, -0.25) is 24.1 Å². The van der Waals surface area contributed by atoms with Gasteiger partial charge in [-0.2, -0.15) is 0 Å². The average molecular weight is 608 g/mol. The van der Waals surface area contributed by atoms with Crippen LogP contribution in [0, 0.1) is 0 Å². The van der Waals surface area contributed by atoms with Gasteiger partial charge in [-0.05, 0) is 72.3 Å². The van der Waals surface area contributed by atoms with Crippen molar-refractivity contribution in [1.29, 1.82) is 0 Å². The molecule has 10 nitrogen and oxygen atoms in total. The van der Waals surface area contributed by atoms with Crippen molar-refractivity contribution in [3.05, 3.63) is 99.4 Å². The molecular weight excluding hydrogens is 577 g/mol. The van der Waals surface area contributed by atoms with E-state index < -0.39 is 29.2 Å². The topological polar surface area (TPSA) is 144 Å². The molecule has 1 aliphatic heterocycles.